The fraction of sp³-hybridized carbons (Fsp3) is 0.300. The van der Waals surface area contributed by atoms with Crippen LogP contribution in [0.2, 0.25) is 5.02 Å². The third-order valence-corrected chi connectivity index (χ3v) is 5.49. The number of aromatic nitrogens is 4. The Balaban J connectivity index is 1.66. The summed E-state index contributed by atoms with van der Waals surface area (Å²) in [6, 6.07) is 11.6. The van der Waals surface area contributed by atoms with Crippen LogP contribution >= 0.6 is 11.6 Å². The van der Waals surface area contributed by atoms with Crippen LogP contribution in [-0.2, 0) is 14.9 Å². The van der Waals surface area contributed by atoms with Crippen LogP contribution in [0, 0.1) is 12.7 Å². The molecule has 2 heterocycles. The first-order chi connectivity index (χ1) is 14.0. The Morgan fingerprint density at radius 3 is 2.59 bits per heavy atom. The second-order valence-electron chi connectivity index (χ2n) is 6.96. The molecule has 1 aliphatic rings. The van der Waals surface area contributed by atoms with E-state index in [9.17, 15) is 9.18 Å². The maximum Gasteiger partial charge on any atom is 0.235 e. The van der Waals surface area contributed by atoms with Crippen molar-refractivity contribution >= 4 is 23.2 Å². The predicted octanol–water partition coefficient (Wildman–Crippen LogP) is 3.45. The molecule has 0 unspecified atom stereocenters. The smallest absolute Gasteiger partial charge is 0.235 e. The van der Waals surface area contributed by atoms with Crippen molar-refractivity contribution in [3.8, 4) is 5.69 Å². The maximum absolute atomic E-state index is 14.3. The predicted molar refractivity (Wildman–Crippen MR) is 106 cm³/mol. The fourth-order valence-electron chi connectivity index (χ4n) is 3.59. The molecular formula is C20H19ClFN5O2. The summed E-state index contributed by atoms with van der Waals surface area (Å²) in [6.07, 6.45) is 1.08. The van der Waals surface area contributed by atoms with Gasteiger partial charge in [-0.25, -0.2) is 4.39 Å². The number of nitrogens with zero attached hydrogens (tertiary/aromatic N) is 4. The molecule has 3 aromatic rings. The number of hydrogen-bond acceptors (Lipinski definition) is 5. The van der Waals surface area contributed by atoms with Gasteiger partial charge in [0.05, 0.1) is 5.41 Å². The number of carbonyl (C=O) groups is 1. The number of carbonyl (C=O) groups excluding carboxylic acids is 1. The molecule has 1 amide bonds. The van der Waals surface area contributed by atoms with Gasteiger partial charge in [-0.3, -0.25) is 4.79 Å². The van der Waals surface area contributed by atoms with Crippen LogP contribution in [0.15, 0.2) is 42.5 Å². The van der Waals surface area contributed by atoms with Gasteiger partial charge < -0.3 is 10.1 Å². The summed E-state index contributed by atoms with van der Waals surface area (Å²) in [5, 5.41) is 14.7. The summed E-state index contributed by atoms with van der Waals surface area (Å²) < 4.78 is 21.1. The van der Waals surface area contributed by atoms with E-state index >= 15 is 0 Å². The standard InChI is InChI=1S/C20H19ClFN5O2/c1-13-24-25-26-27(13)18-12-16(6-7-17(18)22)23-19(28)20(8-10-29-11-9-20)14-2-4-15(21)5-3-14/h2-7,12H,8-11H2,1H3,(H,23,28). The van der Waals surface area contributed by atoms with Crippen LogP contribution in [0.3, 0.4) is 0 Å². The molecular weight excluding hydrogens is 397 g/mol. The first-order valence-electron chi connectivity index (χ1n) is 9.20. The number of halogens is 2. The summed E-state index contributed by atoms with van der Waals surface area (Å²) in [5.41, 5.74) is 0.752. The lowest BCUT2D eigenvalue weighted by molar-refractivity contribution is -0.125. The number of nitrogens with one attached hydrogen (secondary N) is 1. The summed E-state index contributed by atoms with van der Waals surface area (Å²) in [4.78, 5) is 13.4. The molecule has 0 spiro atoms. The zero-order valence-corrected chi connectivity index (χ0v) is 16.5. The third kappa shape index (κ3) is 3.73. The average molecular weight is 416 g/mol. The fourth-order valence-corrected chi connectivity index (χ4v) is 3.72. The molecule has 1 aromatic heterocycles. The number of aryl methyl sites for hydroxylation is 1. The van der Waals surface area contributed by atoms with Gasteiger partial charge in [-0.2, -0.15) is 4.68 Å². The minimum atomic E-state index is -0.748. The Morgan fingerprint density at radius 1 is 1.21 bits per heavy atom. The molecule has 0 aliphatic carbocycles. The zero-order chi connectivity index (χ0) is 20.4. The third-order valence-electron chi connectivity index (χ3n) is 5.24. The van der Waals surface area contributed by atoms with Gasteiger partial charge in [0.1, 0.15) is 11.5 Å². The molecule has 29 heavy (non-hydrogen) atoms. The van der Waals surface area contributed by atoms with E-state index in [0.717, 1.165) is 5.56 Å². The molecule has 4 rings (SSSR count). The Labute approximate surface area is 171 Å². The quantitative estimate of drug-likeness (QED) is 0.705. The topological polar surface area (TPSA) is 81.9 Å². The molecule has 1 N–H and O–H groups in total. The van der Waals surface area contributed by atoms with E-state index in [1.807, 2.05) is 12.1 Å². The summed E-state index contributed by atoms with van der Waals surface area (Å²) in [7, 11) is 0. The molecule has 7 nitrogen and oxygen atoms in total. The highest BCUT2D eigenvalue weighted by molar-refractivity contribution is 6.30. The van der Waals surface area contributed by atoms with Gasteiger partial charge in [-0.1, -0.05) is 23.7 Å². The van der Waals surface area contributed by atoms with Crippen molar-refractivity contribution in [2.75, 3.05) is 18.5 Å². The molecule has 1 fully saturated rings. The summed E-state index contributed by atoms with van der Waals surface area (Å²) in [5.74, 6) is -0.222. The van der Waals surface area contributed by atoms with Crippen LogP contribution in [0.4, 0.5) is 10.1 Å². The summed E-state index contributed by atoms with van der Waals surface area (Å²) in [6.45, 7) is 2.63. The van der Waals surface area contributed by atoms with E-state index in [4.69, 9.17) is 16.3 Å². The Hall–Kier alpha value is -2.84. The molecule has 9 heteroatoms. The number of amides is 1. The maximum atomic E-state index is 14.3. The zero-order valence-electron chi connectivity index (χ0n) is 15.7. The van der Waals surface area contributed by atoms with Crippen LogP contribution in [0.1, 0.15) is 24.2 Å². The van der Waals surface area contributed by atoms with Crippen molar-refractivity contribution in [3.63, 3.8) is 0 Å². The highest BCUT2D eigenvalue weighted by atomic mass is 35.5. The van der Waals surface area contributed by atoms with Crippen molar-refractivity contribution in [1.29, 1.82) is 0 Å². The van der Waals surface area contributed by atoms with Gasteiger partial charge in [-0.15, -0.1) is 5.10 Å². The van der Waals surface area contributed by atoms with E-state index in [2.05, 4.69) is 20.8 Å². The van der Waals surface area contributed by atoms with E-state index in [1.54, 1.807) is 19.1 Å². The second-order valence-corrected chi connectivity index (χ2v) is 7.40. The normalized spacial score (nSPS) is 15.8. The second kappa shape index (κ2) is 7.88. The van der Waals surface area contributed by atoms with Crippen molar-refractivity contribution < 1.29 is 13.9 Å². The number of hydrogen-bond donors (Lipinski definition) is 1. The molecule has 1 aliphatic heterocycles. The van der Waals surface area contributed by atoms with Crippen molar-refractivity contribution in [1.82, 2.24) is 20.2 Å². The van der Waals surface area contributed by atoms with Crippen LogP contribution in [0.5, 0.6) is 0 Å². The van der Waals surface area contributed by atoms with Crippen LogP contribution in [-0.4, -0.2) is 39.3 Å². The van der Waals surface area contributed by atoms with E-state index in [0.29, 0.717) is 42.6 Å². The van der Waals surface area contributed by atoms with Gasteiger partial charge in [-0.05, 0) is 66.1 Å². The van der Waals surface area contributed by atoms with Crippen LogP contribution < -0.4 is 5.32 Å². The molecule has 0 atom stereocenters. The highest BCUT2D eigenvalue weighted by Crippen LogP contribution is 2.37. The van der Waals surface area contributed by atoms with Gasteiger partial charge in [0.15, 0.2) is 5.82 Å². The van der Waals surface area contributed by atoms with Gasteiger partial charge in [0.2, 0.25) is 5.91 Å². The lowest BCUT2D eigenvalue weighted by Gasteiger charge is -2.36. The van der Waals surface area contributed by atoms with Gasteiger partial charge in [0.25, 0.3) is 0 Å². The van der Waals surface area contributed by atoms with Crippen molar-refractivity contribution in [2.24, 2.45) is 0 Å². The largest absolute Gasteiger partial charge is 0.381 e. The number of rotatable bonds is 4. The molecule has 1 saturated heterocycles. The molecule has 2 aromatic carbocycles. The first kappa shape index (κ1) is 19.5. The lowest BCUT2D eigenvalue weighted by atomic mass is 9.73. The highest BCUT2D eigenvalue weighted by Gasteiger charge is 2.41. The van der Waals surface area contributed by atoms with E-state index in [-0.39, 0.29) is 11.6 Å². The monoisotopic (exact) mass is 415 g/mol. The van der Waals surface area contributed by atoms with Crippen molar-refractivity contribution in [3.05, 3.63) is 64.7 Å². The molecule has 0 bridgehead atoms. The molecule has 0 radical (unpaired) electrons. The minimum Gasteiger partial charge on any atom is -0.381 e. The van der Waals surface area contributed by atoms with Gasteiger partial charge in [0, 0.05) is 23.9 Å². The lowest BCUT2D eigenvalue weighted by Crippen LogP contribution is -2.44. The Kier molecular flexibility index (Phi) is 5.29. The summed E-state index contributed by atoms with van der Waals surface area (Å²) >= 11 is 6.02. The Morgan fingerprint density at radius 2 is 1.93 bits per heavy atom. The SMILES string of the molecule is Cc1nnnn1-c1cc(NC(=O)C2(c3ccc(Cl)cc3)CCOCC2)ccc1F. The van der Waals surface area contributed by atoms with E-state index < -0.39 is 11.2 Å². The minimum absolute atomic E-state index is 0.165. The number of ether oxygens (including phenoxy) is 1. The number of tetrazole rings is 1. The number of anilines is 1. The average Bonchev–Trinajstić information content (AvgIpc) is 3.16. The number of benzene rings is 2. The molecule has 150 valence electrons. The van der Waals surface area contributed by atoms with Crippen LogP contribution in [0.25, 0.3) is 5.69 Å². The first-order valence-corrected chi connectivity index (χ1v) is 9.57. The van der Waals surface area contributed by atoms with E-state index in [1.165, 1.54) is 22.9 Å². The van der Waals surface area contributed by atoms with Gasteiger partial charge >= 0.3 is 0 Å². The molecule has 0 saturated carbocycles. The Bertz CT molecular complexity index is 1030. The van der Waals surface area contributed by atoms with Crippen molar-refractivity contribution in [2.45, 2.75) is 25.2 Å².